The van der Waals surface area contributed by atoms with Crippen molar-refractivity contribution in [1.82, 2.24) is 20.1 Å². The van der Waals surface area contributed by atoms with E-state index in [1.807, 2.05) is 4.90 Å². The lowest BCUT2D eigenvalue weighted by Gasteiger charge is -2.25. The molecular formula is C20H24F3N5O3. The van der Waals surface area contributed by atoms with Crippen LogP contribution >= 0.6 is 0 Å². The van der Waals surface area contributed by atoms with E-state index in [4.69, 9.17) is 0 Å². The molecule has 2 saturated heterocycles. The molecule has 1 saturated carbocycles. The van der Waals surface area contributed by atoms with Gasteiger partial charge in [0.05, 0.1) is 5.56 Å². The third-order valence-electron chi connectivity index (χ3n) is 6.24. The Morgan fingerprint density at radius 1 is 1.19 bits per heavy atom. The maximum Gasteiger partial charge on any atom is 0.417 e. The summed E-state index contributed by atoms with van der Waals surface area (Å²) in [7, 11) is 0. The summed E-state index contributed by atoms with van der Waals surface area (Å²) < 4.78 is 38.2. The first kappa shape index (κ1) is 21.4. The summed E-state index contributed by atoms with van der Waals surface area (Å²) in [6.07, 6.45) is -1.29. The third kappa shape index (κ3) is 4.17. The number of nitrogens with zero attached hydrogens (tertiary/aromatic N) is 4. The topological polar surface area (TPSA) is 85.8 Å². The maximum absolute atomic E-state index is 12.8. The van der Waals surface area contributed by atoms with Crippen molar-refractivity contribution in [3.8, 4) is 0 Å². The molecule has 0 spiro atoms. The number of carbonyl (C=O) groups is 3. The first-order valence-electron chi connectivity index (χ1n) is 10.3. The maximum atomic E-state index is 12.8. The highest BCUT2D eigenvalue weighted by molar-refractivity contribution is 6.09. The first-order chi connectivity index (χ1) is 14.6. The molecule has 2 aliphatic heterocycles. The number of hydrogen-bond acceptors (Lipinski definition) is 5. The molecule has 1 aromatic heterocycles. The number of anilines is 1. The van der Waals surface area contributed by atoms with E-state index in [-0.39, 0.29) is 24.3 Å². The number of hydrogen-bond donors (Lipinski definition) is 1. The van der Waals surface area contributed by atoms with E-state index in [1.54, 1.807) is 11.8 Å². The van der Waals surface area contributed by atoms with Crippen molar-refractivity contribution in [3.05, 3.63) is 23.9 Å². The molecule has 1 atom stereocenters. The molecule has 31 heavy (non-hydrogen) atoms. The largest absolute Gasteiger partial charge is 0.417 e. The van der Waals surface area contributed by atoms with Gasteiger partial charge in [0.1, 0.15) is 17.9 Å². The van der Waals surface area contributed by atoms with Crippen LogP contribution in [0.3, 0.4) is 0 Å². The van der Waals surface area contributed by atoms with Crippen molar-refractivity contribution in [1.29, 1.82) is 0 Å². The number of amides is 4. The summed E-state index contributed by atoms with van der Waals surface area (Å²) in [5.41, 5.74) is -1.74. The Hall–Kier alpha value is -2.85. The zero-order valence-corrected chi connectivity index (χ0v) is 17.1. The number of alkyl halides is 3. The SMILES string of the molecule is CC1(C2CC2)NC(=O)N(CC(=O)N2CCCN(c3ccc(C(F)(F)F)cn3)CC2)C1=O. The number of urea groups is 1. The molecule has 0 bridgehead atoms. The van der Waals surface area contributed by atoms with Crippen LogP contribution in [0.4, 0.5) is 23.8 Å². The lowest BCUT2D eigenvalue weighted by molar-refractivity contribution is -0.139. The molecule has 0 aromatic carbocycles. The van der Waals surface area contributed by atoms with Crippen molar-refractivity contribution < 1.29 is 27.6 Å². The first-order valence-corrected chi connectivity index (χ1v) is 10.3. The average Bonchev–Trinajstić information content (AvgIpc) is 3.55. The fourth-order valence-electron chi connectivity index (χ4n) is 4.17. The number of carbonyl (C=O) groups excluding carboxylic acids is 3. The standard InChI is InChI=1S/C20H24F3N5O3/c1-19(13-3-4-13)17(30)28(18(31)25-19)12-16(29)27-8-2-7-26(9-10-27)15-6-5-14(11-24-15)20(21,22)23/h5-6,11,13H,2-4,7-10,12H2,1H3,(H,25,31). The Morgan fingerprint density at radius 2 is 1.94 bits per heavy atom. The molecule has 1 aliphatic carbocycles. The summed E-state index contributed by atoms with van der Waals surface area (Å²) in [6.45, 7) is 3.07. The third-order valence-corrected chi connectivity index (χ3v) is 6.24. The van der Waals surface area contributed by atoms with Gasteiger partial charge >= 0.3 is 12.2 Å². The predicted octanol–water partition coefficient (Wildman–Crippen LogP) is 1.86. The minimum Gasteiger partial charge on any atom is -0.355 e. The van der Waals surface area contributed by atoms with Gasteiger partial charge in [-0.3, -0.25) is 14.5 Å². The van der Waals surface area contributed by atoms with Gasteiger partial charge in [-0.2, -0.15) is 13.2 Å². The minimum absolute atomic E-state index is 0.118. The molecule has 0 radical (unpaired) electrons. The Morgan fingerprint density at radius 3 is 2.55 bits per heavy atom. The van der Waals surface area contributed by atoms with Crippen LogP contribution in [0.1, 0.15) is 31.7 Å². The number of imide groups is 1. The van der Waals surface area contributed by atoms with E-state index in [0.29, 0.717) is 38.4 Å². The van der Waals surface area contributed by atoms with Crippen LogP contribution in [0.2, 0.25) is 0 Å². The molecule has 1 N–H and O–H groups in total. The monoisotopic (exact) mass is 439 g/mol. The van der Waals surface area contributed by atoms with E-state index in [2.05, 4.69) is 10.3 Å². The second-order valence-electron chi connectivity index (χ2n) is 8.42. The highest BCUT2D eigenvalue weighted by atomic mass is 19.4. The van der Waals surface area contributed by atoms with Crippen LogP contribution in [-0.4, -0.2) is 70.9 Å². The van der Waals surface area contributed by atoms with Crippen LogP contribution in [0.5, 0.6) is 0 Å². The quantitative estimate of drug-likeness (QED) is 0.724. The summed E-state index contributed by atoms with van der Waals surface area (Å²) in [5, 5.41) is 2.73. The fourth-order valence-corrected chi connectivity index (χ4v) is 4.17. The molecule has 4 amide bonds. The van der Waals surface area contributed by atoms with Gasteiger partial charge in [-0.15, -0.1) is 0 Å². The van der Waals surface area contributed by atoms with Gasteiger partial charge in [-0.05, 0) is 44.2 Å². The Labute approximate surface area is 177 Å². The van der Waals surface area contributed by atoms with Gasteiger partial charge in [0, 0.05) is 32.4 Å². The van der Waals surface area contributed by atoms with Gasteiger partial charge in [-0.25, -0.2) is 9.78 Å². The number of halogens is 3. The highest BCUT2D eigenvalue weighted by Crippen LogP contribution is 2.42. The summed E-state index contributed by atoms with van der Waals surface area (Å²) in [5.74, 6) is -0.159. The highest BCUT2D eigenvalue weighted by Gasteiger charge is 2.56. The number of pyridine rings is 1. The zero-order chi connectivity index (χ0) is 22.4. The predicted molar refractivity (Wildman–Crippen MR) is 104 cm³/mol. The van der Waals surface area contributed by atoms with E-state index >= 15 is 0 Å². The normalized spacial score (nSPS) is 25.0. The van der Waals surface area contributed by atoms with Gasteiger partial charge in [0.2, 0.25) is 5.91 Å². The van der Waals surface area contributed by atoms with Gasteiger partial charge in [0.25, 0.3) is 5.91 Å². The molecule has 3 heterocycles. The molecule has 3 fully saturated rings. The van der Waals surface area contributed by atoms with Gasteiger partial charge < -0.3 is 15.1 Å². The van der Waals surface area contributed by atoms with E-state index < -0.39 is 23.3 Å². The average molecular weight is 439 g/mol. The van der Waals surface area contributed by atoms with Crippen molar-refractivity contribution in [2.75, 3.05) is 37.6 Å². The van der Waals surface area contributed by atoms with Crippen LogP contribution in [0.25, 0.3) is 0 Å². The minimum atomic E-state index is -4.44. The lowest BCUT2D eigenvalue weighted by atomic mass is 9.96. The summed E-state index contributed by atoms with van der Waals surface area (Å²) >= 11 is 0. The number of rotatable bonds is 4. The summed E-state index contributed by atoms with van der Waals surface area (Å²) in [6, 6.07) is 1.77. The molecule has 1 aromatic rings. The van der Waals surface area contributed by atoms with Crippen molar-refractivity contribution >= 4 is 23.7 Å². The molecule has 4 rings (SSSR count). The van der Waals surface area contributed by atoms with Crippen LogP contribution in [0, 0.1) is 5.92 Å². The number of nitrogens with one attached hydrogen (secondary N) is 1. The zero-order valence-electron chi connectivity index (χ0n) is 17.1. The van der Waals surface area contributed by atoms with Crippen LogP contribution in [0.15, 0.2) is 18.3 Å². The van der Waals surface area contributed by atoms with Crippen molar-refractivity contribution in [2.24, 2.45) is 5.92 Å². The smallest absolute Gasteiger partial charge is 0.355 e. The van der Waals surface area contributed by atoms with E-state index in [1.165, 1.54) is 6.07 Å². The molecule has 11 heteroatoms. The Kier molecular flexibility index (Phi) is 5.30. The van der Waals surface area contributed by atoms with Crippen molar-refractivity contribution in [3.63, 3.8) is 0 Å². The Balaban J connectivity index is 1.36. The molecule has 1 unspecified atom stereocenters. The van der Waals surface area contributed by atoms with Crippen LogP contribution < -0.4 is 10.2 Å². The lowest BCUT2D eigenvalue weighted by Crippen LogP contribution is -2.47. The number of aromatic nitrogens is 1. The molecule has 8 nitrogen and oxygen atoms in total. The second-order valence-corrected chi connectivity index (χ2v) is 8.42. The van der Waals surface area contributed by atoms with Crippen molar-refractivity contribution in [2.45, 2.75) is 37.9 Å². The Bertz CT molecular complexity index is 887. The summed E-state index contributed by atoms with van der Waals surface area (Å²) in [4.78, 5) is 46.1. The molecular weight excluding hydrogens is 415 g/mol. The van der Waals surface area contributed by atoms with E-state index in [0.717, 1.165) is 30.0 Å². The molecule has 168 valence electrons. The molecule has 3 aliphatic rings. The fraction of sp³-hybridized carbons (Fsp3) is 0.600. The van der Waals surface area contributed by atoms with Crippen LogP contribution in [-0.2, 0) is 15.8 Å². The van der Waals surface area contributed by atoms with Gasteiger partial charge in [-0.1, -0.05) is 0 Å². The van der Waals surface area contributed by atoms with Gasteiger partial charge in [0.15, 0.2) is 0 Å². The van der Waals surface area contributed by atoms with E-state index in [9.17, 15) is 27.6 Å². The second kappa shape index (κ2) is 7.69.